The highest BCUT2D eigenvalue weighted by Crippen LogP contribution is 2.33. The van der Waals surface area contributed by atoms with Gasteiger partial charge in [-0.05, 0) is 58.8 Å². The van der Waals surface area contributed by atoms with E-state index in [1.165, 1.54) is 5.56 Å². The van der Waals surface area contributed by atoms with Crippen molar-refractivity contribution in [1.29, 1.82) is 0 Å². The summed E-state index contributed by atoms with van der Waals surface area (Å²) in [6.45, 7) is 0.647. The van der Waals surface area contributed by atoms with Gasteiger partial charge in [0, 0.05) is 11.6 Å². The second-order valence-corrected chi connectivity index (χ2v) is 7.52. The minimum absolute atomic E-state index is 0.0865. The van der Waals surface area contributed by atoms with Gasteiger partial charge in [0.15, 0.2) is 5.58 Å². The molecule has 0 spiro atoms. The molecular formula is C19H18N2O2S2. The molecule has 0 aliphatic carbocycles. The lowest BCUT2D eigenvalue weighted by Gasteiger charge is -2.11. The third kappa shape index (κ3) is 3.61. The molecule has 1 unspecified atom stereocenters. The fourth-order valence-corrected chi connectivity index (χ4v) is 4.28. The highest BCUT2D eigenvalue weighted by molar-refractivity contribution is 7.17. The van der Waals surface area contributed by atoms with E-state index in [9.17, 15) is 0 Å². The van der Waals surface area contributed by atoms with E-state index in [0.29, 0.717) is 6.61 Å². The van der Waals surface area contributed by atoms with Gasteiger partial charge in [-0.1, -0.05) is 17.3 Å². The summed E-state index contributed by atoms with van der Waals surface area (Å²) in [6, 6.07) is 12.1. The van der Waals surface area contributed by atoms with Crippen LogP contribution < -0.4 is 10.5 Å². The van der Waals surface area contributed by atoms with Crippen LogP contribution >= 0.6 is 22.7 Å². The van der Waals surface area contributed by atoms with E-state index in [0.717, 1.165) is 40.1 Å². The molecule has 3 heterocycles. The van der Waals surface area contributed by atoms with Gasteiger partial charge in [0.1, 0.15) is 16.1 Å². The Morgan fingerprint density at radius 3 is 3.04 bits per heavy atom. The van der Waals surface area contributed by atoms with Crippen molar-refractivity contribution in [2.24, 2.45) is 5.73 Å². The van der Waals surface area contributed by atoms with Crippen LogP contribution in [0.2, 0.25) is 0 Å². The topological polar surface area (TPSA) is 61.3 Å². The predicted molar refractivity (Wildman–Crippen MR) is 103 cm³/mol. The van der Waals surface area contributed by atoms with E-state index in [4.69, 9.17) is 15.0 Å². The Morgan fingerprint density at radius 2 is 2.16 bits per heavy atom. The molecule has 0 bridgehead atoms. The van der Waals surface area contributed by atoms with E-state index in [1.807, 2.05) is 35.7 Å². The van der Waals surface area contributed by atoms with Crippen molar-refractivity contribution >= 4 is 33.0 Å². The number of nitrogens with two attached hydrogens (primary N) is 1. The van der Waals surface area contributed by atoms with E-state index >= 15 is 0 Å². The van der Waals surface area contributed by atoms with E-state index in [-0.39, 0.29) is 6.04 Å². The molecule has 0 saturated carbocycles. The highest BCUT2D eigenvalue weighted by atomic mass is 32.1. The van der Waals surface area contributed by atoms with Crippen LogP contribution in [0.15, 0.2) is 57.1 Å². The van der Waals surface area contributed by atoms with Crippen molar-refractivity contribution in [3.63, 3.8) is 0 Å². The van der Waals surface area contributed by atoms with Gasteiger partial charge >= 0.3 is 0 Å². The number of aromatic nitrogens is 1. The smallest absolute Gasteiger partial charge is 0.178 e. The molecule has 4 rings (SSSR count). The summed E-state index contributed by atoms with van der Waals surface area (Å²) in [6.07, 6.45) is 1.83. The summed E-state index contributed by atoms with van der Waals surface area (Å²) in [5.41, 5.74) is 10.1. The van der Waals surface area contributed by atoms with E-state index in [2.05, 4.69) is 22.0 Å². The van der Waals surface area contributed by atoms with Crippen molar-refractivity contribution in [1.82, 2.24) is 5.16 Å². The monoisotopic (exact) mass is 370 g/mol. The van der Waals surface area contributed by atoms with Crippen LogP contribution in [0, 0.1) is 0 Å². The Kier molecular flexibility index (Phi) is 4.83. The van der Waals surface area contributed by atoms with Crippen LogP contribution in [0.3, 0.4) is 0 Å². The van der Waals surface area contributed by atoms with Gasteiger partial charge in [0.2, 0.25) is 0 Å². The Balaban J connectivity index is 1.36. The van der Waals surface area contributed by atoms with Crippen LogP contribution in [0.4, 0.5) is 0 Å². The summed E-state index contributed by atoms with van der Waals surface area (Å²) < 4.78 is 12.3. The SMILES string of the molecule is NC(CCCOc1cccc(-c2noc3ccsc23)c1)c1ccsc1. The molecule has 2 N–H and O–H groups in total. The van der Waals surface area contributed by atoms with Crippen LogP contribution in [0.25, 0.3) is 21.5 Å². The molecule has 0 radical (unpaired) electrons. The maximum atomic E-state index is 6.18. The molecule has 0 amide bonds. The standard InChI is InChI=1S/C19H18N2O2S2/c20-16(14-6-9-24-12-14)5-2-8-22-15-4-1-3-13(11-15)18-19-17(23-21-18)7-10-25-19/h1,3-4,6-7,9-12,16H,2,5,8,20H2. The number of rotatable bonds is 7. The maximum absolute atomic E-state index is 6.18. The van der Waals surface area contributed by atoms with Crippen LogP contribution in [0.5, 0.6) is 5.75 Å². The Bertz CT molecular complexity index is 943. The Hall–Kier alpha value is -2.15. The van der Waals surface area contributed by atoms with Gasteiger partial charge in [-0.3, -0.25) is 0 Å². The zero-order valence-electron chi connectivity index (χ0n) is 13.6. The zero-order valence-corrected chi connectivity index (χ0v) is 15.2. The number of ether oxygens (including phenoxy) is 1. The number of benzene rings is 1. The van der Waals surface area contributed by atoms with Crippen molar-refractivity contribution in [3.8, 4) is 17.0 Å². The Morgan fingerprint density at radius 1 is 1.20 bits per heavy atom. The summed E-state index contributed by atoms with van der Waals surface area (Å²) in [5.74, 6) is 0.842. The van der Waals surface area contributed by atoms with Gasteiger partial charge in [-0.25, -0.2) is 0 Å². The number of fused-ring (bicyclic) bond motifs is 1. The summed E-state index contributed by atoms with van der Waals surface area (Å²) in [5, 5.41) is 10.4. The van der Waals surface area contributed by atoms with Crippen LogP contribution in [-0.2, 0) is 0 Å². The van der Waals surface area contributed by atoms with Crippen molar-refractivity contribution in [2.45, 2.75) is 18.9 Å². The highest BCUT2D eigenvalue weighted by Gasteiger charge is 2.12. The third-order valence-corrected chi connectivity index (χ3v) is 5.69. The maximum Gasteiger partial charge on any atom is 0.178 e. The normalized spacial score (nSPS) is 12.5. The van der Waals surface area contributed by atoms with E-state index in [1.54, 1.807) is 22.7 Å². The molecule has 128 valence electrons. The van der Waals surface area contributed by atoms with Crippen LogP contribution in [0.1, 0.15) is 24.4 Å². The lowest BCUT2D eigenvalue weighted by atomic mass is 10.1. The quantitative estimate of drug-likeness (QED) is 0.438. The molecule has 6 heteroatoms. The lowest BCUT2D eigenvalue weighted by molar-refractivity contribution is 0.302. The van der Waals surface area contributed by atoms with E-state index < -0.39 is 0 Å². The average molecular weight is 370 g/mol. The minimum Gasteiger partial charge on any atom is -0.494 e. The zero-order chi connectivity index (χ0) is 17.1. The third-order valence-electron chi connectivity index (χ3n) is 4.09. The lowest BCUT2D eigenvalue weighted by Crippen LogP contribution is -2.10. The molecule has 0 aliphatic heterocycles. The molecular weight excluding hydrogens is 352 g/mol. The fraction of sp³-hybridized carbons (Fsp3) is 0.211. The number of thiophene rings is 2. The van der Waals surface area contributed by atoms with Gasteiger partial charge < -0.3 is 15.0 Å². The predicted octanol–water partition coefficient (Wildman–Crippen LogP) is 5.48. The van der Waals surface area contributed by atoms with Gasteiger partial charge in [0.25, 0.3) is 0 Å². The molecule has 0 aliphatic rings. The Labute approximate surface area is 153 Å². The second kappa shape index (κ2) is 7.39. The van der Waals surface area contributed by atoms with Gasteiger partial charge in [-0.2, -0.15) is 11.3 Å². The number of nitrogens with zero attached hydrogens (tertiary/aromatic N) is 1. The molecule has 0 saturated heterocycles. The molecule has 25 heavy (non-hydrogen) atoms. The molecule has 4 nitrogen and oxygen atoms in total. The first-order chi connectivity index (χ1) is 12.3. The fourth-order valence-electron chi connectivity index (χ4n) is 2.74. The molecule has 3 aromatic heterocycles. The minimum atomic E-state index is 0.0865. The number of hydrogen-bond donors (Lipinski definition) is 1. The van der Waals surface area contributed by atoms with Crippen LogP contribution in [-0.4, -0.2) is 11.8 Å². The first-order valence-corrected chi connectivity index (χ1v) is 9.97. The average Bonchev–Trinajstić information content (AvgIpc) is 3.36. The van der Waals surface area contributed by atoms with Gasteiger partial charge in [0.05, 0.1) is 6.61 Å². The van der Waals surface area contributed by atoms with Crippen molar-refractivity contribution < 1.29 is 9.26 Å². The summed E-state index contributed by atoms with van der Waals surface area (Å²) >= 11 is 3.32. The summed E-state index contributed by atoms with van der Waals surface area (Å²) in [7, 11) is 0. The first kappa shape index (κ1) is 16.3. The van der Waals surface area contributed by atoms with Crippen molar-refractivity contribution in [2.75, 3.05) is 6.61 Å². The molecule has 1 atom stereocenters. The first-order valence-electron chi connectivity index (χ1n) is 8.15. The van der Waals surface area contributed by atoms with Gasteiger partial charge in [-0.15, -0.1) is 11.3 Å². The largest absolute Gasteiger partial charge is 0.494 e. The molecule has 1 aromatic carbocycles. The number of hydrogen-bond acceptors (Lipinski definition) is 6. The second-order valence-electron chi connectivity index (χ2n) is 5.83. The summed E-state index contributed by atoms with van der Waals surface area (Å²) in [4.78, 5) is 0. The molecule has 4 aromatic rings. The van der Waals surface area contributed by atoms with Crippen molar-refractivity contribution in [3.05, 3.63) is 58.1 Å². The molecule has 0 fully saturated rings.